The minimum atomic E-state index is 0.243. The second-order valence-electron chi connectivity index (χ2n) is 5.91. The van der Waals surface area contributed by atoms with Gasteiger partial charge in [0.05, 0.1) is 15.8 Å². The third-order valence-electron chi connectivity index (χ3n) is 2.45. The molecule has 1 rings (SSSR count). The minimum absolute atomic E-state index is 0.243. The van der Waals surface area contributed by atoms with E-state index in [0.717, 1.165) is 34.6 Å². The first kappa shape index (κ1) is 14.8. The molecule has 0 aliphatic heterocycles. The van der Waals surface area contributed by atoms with Crippen molar-refractivity contribution in [3.63, 3.8) is 0 Å². The van der Waals surface area contributed by atoms with Crippen LogP contribution in [0, 0.1) is 8.99 Å². The maximum Gasteiger partial charge on any atom is 0.135 e. The molecule has 0 unspecified atom stereocenters. The highest BCUT2D eigenvalue weighted by Gasteiger charge is 2.19. The van der Waals surface area contributed by atoms with Crippen LogP contribution in [-0.2, 0) is 13.0 Å². The van der Waals surface area contributed by atoms with Gasteiger partial charge in [-0.05, 0) is 48.5 Å². The molecule has 4 nitrogen and oxygen atoms in total. The molecule has 1 aromatic heterocycles. The lowest BCUT2D eigenvalue weighted by atomic mass is 9.91. The molecule has 98 valence electrons. The predicted octanol–water partition coefficient (Wildman–Crippen LogP) is 2.22. The normalized spacial score (nSPS) is 12.4. The highest BCUT2D eigenvalue weighted by Crippen LogP contribution is 2.26. The molecule has 0 saturated carbocycles. The lowest BCUT2D eigenvalue weighted by Gasteiger charge is -2.16. The Hall–Kier alpha value is -0.300. The Kier molecular flexibility index (Phi) is 4.83. The molecule has 17 heavy (non-hydrogen) atoms. The van der Waals surface area contributed by atoms with Crippen LogP contribution in [0.1, 0.15) is 26.5 Å². The second kappa shape index (κ2) is 5.56. The van der Waals surface area contributed by atoms with E-state index in [0.29, 0.717) is 0 Å². The highest BCUT2D eigenvalue weighted by atomic mass is 127. The van der Waals surface area contributed by atoms with Crippen molar-refractivity contribution in [1.82, 2.24) is 14.7 Å². The van der Waals surface area contributed by atoms with E-state index in [1.54, 1.807) is 0 Å². The molecular weight excluding hydrogens is 327 g/mol. The number of nitrogens with two attached hydrogens (primary N) is 1. The van der Waals surface area contributed by atoms with Crippen molar-refractivity contribution in [3.05, 3.63) is 9.26 Å². The van der Waals surface area contributed by atoms with Crippen molar-refractivity contribution in [3.8, 4) is 0 Å². The van der Waals surface area contributed by atoms with Gasteiger partial charge in [0.2, 0.25) is 0 Å². The number of aromatic nitrogens is 2. The van der Waals surface area contributed by atoms with Gasteiger partial charge in [0.25, 0.3) is 0 Å². The molecule has 5 heteroatoms. The molecule has 0 spiro atoms. The van der Waals surface area contributed by atoms with Crippen LogP contribution >= 0.6 is 22.6 Å². The third-order valence-corrected chi connectivity index (χ3v) is 3.63. The summed E-state index contributed by atoms with van der Waals surface area (Å²) in [6.07, 6.45) is 0.963. The van der Waals surface area contributed by atoms with Crippen molar-refractivity contribution in [2.24, 2.45) is 5.41 Å². The highest BCUT2D eigenvalue weighted by molar-refractivity contribution is 14.1. The average molecular weight is 350 g/mol. The number of nitrogen functional groups attached to an aromatic ring is 1. The van der Waals surface area contributed by atoms with Crippen molar-refractivity contribution in [1.29, 1.82) is 0 Å². The zero-order valence-electron chi connectivity index (χ0n) is 11.4. The predicted molar refractivity (Wildman–Crippen MR) is 81.1 cm³/mol. The van der Waals surface area contributed by atoms with E-state index in [-0.39, 0.29) is 5.41 Å². The van der Waals surface area contributed by atoms with Crippen LogP contribution in [0.2, 0.25) is 0 Å². The fourth-order valence-electron chi connectivity index (χ4n) is 1.59. The Balaban J connectivity index is 2.84. The quantitative estimate of drug-likeness (QED) is 0.847. The fraction of sp³-hybridized carbons (Fsp3) is 0.750. The summed E-state index contributed by atoms with van der Waals surface area (Å²) in [5.41, 5.74) is 7.45. The van der Waals surface area contributed by atoms with Gasteiger partial charge in [-0.3, -0.25) is 0 Å². The Morgan fingerprint density at radius 3 is 2.41 bits per heavy atom. The van der Waals surface area contributed by atoms with Gasteiger partial charge in [-0.2, -0.15) is 5.10 Å². The van der Waals surface area contributed by atoms with E-state index in [4.69, 9.17) is 5.73 Å². The van der Waals surface area contributed by atoms with Crippen LogP contribution in [0.15, 0.2) is 0 Å². The van der Waals surface area contributed by atoms with Gasteiger partial charge < -0.3 is 10.6 Å². The standard InChI is InChI=1S/C12H23IN4/c1-12(2,3)8-9-10(13)11(14)17(15-9)7-6-16(4)5/h6-8,14H2,1-5H3. The van der Waals surface area contributed by atoms with Gasteiger partial charge in [-0.15, -0.1) is 0 Å². The number of nitrogens with zero attached hydrogens (tertiary/aromatic N) is 3. The van der Waals surface area contributed by atoms with Crippen LogP contribution < -0.4 is 5.73 Å². The maximum absolute atomic E-state index is 6.08. The molecule has 1 heterocycles. The van der Waals surface area contributed by atoms with Gasteiger partial charge in [0, 0.05) is 6.54 Å². The van der Waals surface area contributed by atoms with Gasteiger partial charge in [-0.1, -0.05) is 20.8 Å². The first-order chi connectivity index (χ1) is 7.70. The van der Waals surface area contributed by atoms with E-state index < -0.39 is 0 Å². The Labute approximate surface area is 118 Å². The van der Waals surface area contributed by atoms with Gasteiger partial charge in [0.1, 0.15) is 5.82 Å². The van der Waals surface area contributed by atoms with E-state index in [1.807, 2.05) is 4.68 Å². The number of halogens is 1. The van der Waals surface area contributed by atoms with Crippen molar-refractivity contribution < 1.29 is 0 Å². The SMILES string of the molecule is CN(C)CCn1nc(CC(C)(C)C)c(I)c1N. The molecule has 1 aromatic rings. The van der Waals surface area contributed by atoms with Crippen LogP contribution in [0.3, 0.4) is 0 Å². The van der Waals surface area contributed by atoms with Crippen LogP contribution in [0.5, 0.6) is 0 Å². The Morgan fingerprint density at radius 2 is 1.94 bits per heavy atom. The van der Waals surface area contributed by atoms with Crippen LogP contribution in [0.25, 0.3) is 0 Å². The summed E-state index contributed by atoms with van der Waals surface area (Å²) in [4.78, 5) is 2.14. The largest absolute Gasteiger partial charge is 0.383 e. The molecule has 0 aliphatic rings. The molecule has 0 radical (unpaired) electrons. The Bertz CT molecular complexity index is 377. The molecule has 0 aromatic carbocycles. The third kappa shape index (κ3) is 4.46. The molecule has 0 aliphatic carbocycles. The lowest BCUT2D eigenvalue weighted by Crippen LogP contribution is -2.20. The monoisotopic (exact) mass is 350 g/mol. The van der Waals surface area contributed by atoms with E-state index >= 15 is 0 Å². The molecule has 2 N–H and O–H groups in total. The summed E-state index contributed by atoms with van der Waals surface area (Å²) in [6, 6.07) is 0. The molecule has 0 atom stereocenters. The van der Waals surface area contributed by atoms with E-state index in [1.165, 1.54) is 0 Å². The summed E-state index contributed by atoms with van der Waals surface area (Å²) in [5, 5.41) is 4.62. The van der Waals surface area contributed by atoms with Gasteiger partial charge >= 0.3 is 0 Å². The summed E-state index contributed by atoms with van der Waals surface area (Å²) < 4.78 is 3.03. The van der Waals surface area contributed by atoms with Crippen LogP contribution in [-0.4, -0.2) is 35.3 Å². The van der Waals surface area contributed by atoms with Crippen molar-refractivity contribution >= 4 is 28.4 Å². The second-order valence-corrected chi connectivity index (χ2v) is 6.99. The average Bonchev–Trinajstić information content (AvgIpc) is 2.41. The van der Waals surface area contributed by atoms with Crippen LogP contribution in [0.4, 0.5) is 5.82 Å². The maximum atomic E-state index is 6.08. The molecule has 0 amide bonds. The zero-order valence-corrected chi connectivity index (χ0v) is 13.6. The number of likely N-dealkylation sites (N-methyl/N-ethyl adjacent to an activating group) is 1. The number of hydrogen-bond donors (Lipinski definition) is 1. The molecule has 0 saturated heterocycles. The molecule has 0 fully saturated rings. The van der Waals surface area contributed by atoms with E-state index in [9.17, 15) is 0 Å². The van der Waals surface area contributed by atoms with Crippen molar-refractivity contribution in [2.45, 2.75) is 33.7 Å². The number of hydrogen-bond acceptors (Lipinski definition) is 3. The summed E-state index contributed by atoms with van der Waals surface area (Å²) >= 11 is 2.30. The first-order valence-corrected chi connectivity index (χ1v) is 6.94. The smallest absolute Gasteiger partial charge is 0.135 e. The first-order valence-electron chi connectivity index (χ1n) is 5.86. The Morgan fingerprint density at radius 1 is 1.35 bits per heavy atom. The molecule has 0 bridgehead atoms. The lowest BCUT2D eigenvalue weighted by molar-refractivity contribution is 0.369. The summed E-state index contributed by atoms with van der Waals surface area (Å²) in [5.74, 6) is 0.798. The van der Waals surface area contributed by atoms with Gasteiger partial charge in [-0.25, -0.2) is 4.68 Å². The van der Waals surface area contributed by atoms with Gasteiger partial charge in [0.15, 0.2) is 0 Å². The summed E-state index contributed by atoms with van der Waals surface area (Å²) in [7, 11) is 4.11. The number of rotatable bonds is 4. The number of anilines is 1. The fourth-order valence-corrected chi connectivity index (χ4v) is 2.16. The minimum Gasteiger partial charge on any atom is -0.383 e. The van der Waals surface area contributed by atoms with E-state index in [2.05, 4.69) is 67.5 Å². The van der Waals surface area contributed by atoms with Crippen molar-refractivity contribution in [2.75, 3.05) is 26.4 Å². The molecular formula is C12H23IN4. The summed E-state index contributed by atoms with van der Waals surface area (Å²) in [6.45, 7) is 8.46. The topological polar surface area (TPSA) is 47.1 Å². The zero-order chi connectivity index (χ0) is 13.2.